The quantitative estimate of drug-likeness (QED) is 0.780. The fourth-order valence-corrected chi connectivity index (χ4v) is 2.82. The molecule has 1 N–H and O–H groups in total. The summed E-state index contributed by atoms with van der Waals surface area (Å²) < 4.78 is 5.62. The predicted octanol–water partition coefficient (Wildman–Crippen LogP) is 2.70. The van der Waals surface area contributed by atoms with E-state index in [4.69, 9.17) is 4.74 Å². The summed E-state index contributed by atoms with van der Waals surface area (Å²) in [6.45, 7) is 12.6. The lowest BCUT2D eigenvalue weighted by atomic mass is 10.2. The van der Waals surface area contributed by atoms with Gasteiger partial charge in [-0.25, -0.2) is 10.0 Å². The van der Waals surface area contributed by atoms with Gasteiger partial charge in [0, 0.05) is 31.7 Å². The molecule has 0 saturated carbocycles. The highest BCUT2D eigenvalue weighted by Gasteiger charge is 2.28. The molecule has 1 aliphatic rings. The Morgan fingerprint density at radius 1 is 1.17 bits per heavy atom. The third-order valence-corrected chi connectivity index (χ3v) is 4.19. The van der Waals surface area contributed by atoms with Gasteiger partial charge in [0.2, 0.25) is 0 Å². The Kier molecular flexibility index (Phi) is 6.82. The first-order valence-corrected chi connectivity index (χ1v) is 8.70. The van der Waals surface area contributed by atoms with Crippen molar-refractivity contribution in [1.29, 1.82) is 0 Å². The summed E-state index contributed by atoms with van der Waals surface area (Å²) >= 11 is 0. The van der Waals surface area contributed by atoms with E-state index in [9.17, 15) is 4.79 Å². The van der Waals surface area contributed by atoms with Gasteiger partial charge in [-0.2, -0.15) is 0 Å². The lowest BCUT2D eigenvalue weighted by Crippen LogP contribution is -2.38. The standard InChI is InChI=1S/C19H29N3O2/c1-5-21-13-17(14-22(21)6-2)20-19(23)16-7-9-18(10-8-16)24-12-11-15(3)4/h7-11,17H,5-6,12-14H2,1-4H3,(H,20,23). The van der Waals surface area contributed by atoms with Crippen molar-refractivity contribution in [2.45, 2.75) is 33.7 Å². The third kappa shape index (κ3) is 5.08. The highest BCUT2D eigenvalue weighted by molar-refractivity contribution is 5.94. The van der Waals surface area contributed by atoms with Gasteiger partial charge < -0.3 is 10.1 Å². The van der Waals surface area contributed by atoms with Gasteiger partial charge in [-0.15, -0.1) is 0 Å². The van der Waals surface area contributed by atoms with E-state index in [0.717, 1.165) is 31.9 Å². The maximum Gasteiger partial charge on any atom is 0.251 e. The van der Waals surface area contributed by atoms with Crippen molar-refractivity contribution in [3.63, 3.8) is 0 Å². The van der Waals surface area contributed by atoms with Crippen molar-refractivity contribution in [2.75, 3.05) is 32.8 Å². The van der Waals surface area contributed by atoms with E-state index in [0.29, 0.717) is 12.2 Å². The van der Waals surface area contributed by atoms with Gasteiger partial charge in [0.15, 0.2) is 0 Å². The topological polar surface area (TPSA) is 44.8 Å². The number of ether oxygens (including phenoxy) is 1. The summed E-state index contributed by atoms with van der Waals surface area (Å²) in [5.41, 5.74) is 1.90. The molecule has 0 spiro atoms. The van der Waals surface area contributed by atoms with E-state index >= 15 is 0 Å². The first-order valence-electron chi connectivity index (χ1n) is 8.70. The Labute approximate surface area is 145 Å². The largest absolute Gasteiger partial charge is 0.490 e. The average Bonchev–Trinajstić information content (AvgIpc) is 2.97. The van der Waals surface area contributed by atoms with Crippen molar-refractivity contribution in [3.8, 4) is 5.75 Å². The number of carbonyl (C=O) groups excluding carboxylic acids is 1. The van der Waals surface area contributed by atoms with E-state index in [1.807, 2.05) is 44.2 Å². The van der Waals surface area contributed by atoms with Crippen molar-refractivity contribution in [1.82, 2.24) is 15.3 Å². The average molecular weight is 331 g/mol. The van der Waals surface area contributed by atoms with Crippen LogP contribution >= 0.6 is 0 Å². The van der Waals surface area contributed by atoms with Crippen LogP contribution in [0.4, 0.5) is 0 Å². The minimum atomic E-state index is -0.0233. The summed E-state index contributed by atoms with van der Waals surface area (Å²) in [4.78, 5) is 12.4. The molecule has 2 rings (SSSR count). The molecule has 0 unspecified atom stereocenters. The molecule has 0 aliphatic carbocycles. The molecule has 132 valence electrons. The number of benzene rings is 1. The van der Waals surface area contributed by atoms with Crippen molar-refractivity contribution in [2.24, 2.45) is 0 Å². The van der Waals surface area contributed by atoms with Gasteiger partial charge in [-0.1, -0.05) is 19.4 Å². The van der Waals surface area contributed by atoms with E-state index in [-0.39, 0.29) is 11.9 Å². The molecule has 0 atom stereocenters. The normalized spacial score (nSPS) is 16.2. The van der Waals surface area contributed by atoms with Crippen LogP contribution in [0.25, 0.3) is 0 Å². The van der Waals surface area contributed by atoms with Gasteiger partial charge in [0.05, 0.1) is 6.04 Å². The monoisotopic (exact) mass is 331 g/mol. The highest BCUT2D eigenvalue weighted by Crippen LogP contribution is 2.14. The first-order chi connectivity index (χ1) is 11.5. The second-order valence-electron chi connectivity index (χ2n) is 6.30. The number of likely N-dealkylation sites (N-methyl/N-ethyl adjacent to an activating group) is 2. The van der Waals surface area contributed by atoms with E-state index in [2.05, 4.69) is 29.2 Å². The molecule has 0 bridgehead atoms. The van der Waals surface area contributed by atoms with E-state index < -0.39 is 0 Å². The molecule has 1 saturated heterocycles. The fourth-order valence-electron chi connectivity index (χ4n) is 2.82. The Balaban J connectivity index is 1.88. The first kappa shape index (κ1) is 18.5. The van der Waals surface area contributed by atoms with Gasteiger partial charge in [0.1, 0.15) is 12.4 Å². The van der Waals surface area contributed by atoms with Crippen molar-refractivity contribution < 1.29 is 9.53 Å². The van der Waals surface area contributed by atoms with E-state index in [1.165, 1.54) is 5.57 Å². The lowest BCUT2D eigenvalue weighted by molar-refractivity contribution is 0.0388. The molecule has 1 amide bonds. The minimum Gasteiger partial charge on any atom is -0.490 e. The van der Waals surface area contributed by atoms with Crippen molar-refractivity contribution >= 4 is 5.91 Å². The molecule has 1 fully saturated rings. The number of amides is 1. The van der Waals surface area contributed by atoms with Crippen LogP contribution in [-0.2, 0) is 0 Å². The summed E-state index contributed by atoms with van der Waals surface area (Å²) in [6.07, 6.45) is 2.03. The molecule has 1 heterocycles. The number of hydrogen-bond acceptors (Lipinski definition) is 4. The Hall–Kier alpha value is -1.85. The zero-order valence-corrected chi connectivity index (χ0v) is 15.2. The molecule has 1 aliphatic heterocycles. The number of rotatable bonds is 7. The molecular formula is C19H29N3O2. The summed E-state index contributed by atoms with van der Waals surface area (Å²) in [7, 11) is 0. The molecular weight excluding hydrogens is 302 g/mol. The third-order valence-electron chi connectivity index (χ3n) is 4.19. The molecule has 0 radical (unpaired) electrons. The van der Waals surface area contributed by atoms with Crippen LogP contribution in [0, 0.1) is 0 Å². The van der Waals surface area contributed by atoms with Crippen LogP contribution in [0.1, 0.15) is 38.1 Å². The van der Waals surface area contributed by atoms with Gasteiger partial charge >= 0.3 is 0 Å². The number of carbonyl (C=O) groups is 1. The molecule has 0 aromatic heterocycles. The lowest BCUT2D eigenvalue weighted by Gasteiger charge is -2.24. The second kappa shape index (κ2) is 8.85. The minimum absolute atomic E-state index is 0.0233. The predicted molar refractivity (Wildman–Crippen MR) is 97.1 cm³/mol. The molecule has 1 aromatic carbocycles. The maximum absolute atomic E-state index is 12.4. The summed E-state index contributed by atoms with van der Waals surface area (Å²) in [5, 5.41) is 7.69. The van der Waals surface area contributed by atoms with Crippen LogP contribution < -0.4 is 10.1 Å². The summed E-state index contributed by atoms with van der Waals surface area (Å²) in [5.74, 6) is 0.754. The molecule has 5 nitrogen and oxygen atoms in total. The van der Waals surface area contributed by atoms with Crippen LogP contribution in [0.15, 0.2) is 35.9 Å². The Bertz CT molecular complexity index is 552. The second-order valence-corrected chi connectivity index (χ2v) is 6.30. The SMILES string of the molecule is CCN1CC(NC(=O)c2ccc(OCC=C(C)C)cc2)CN1CC. The number of hydrazine groups is 1. The van der Waals surface area contributed by atoms with Gasteiger partial charge in [-0.05, 0) is 44.2 Å². The fraction of sp³-hybridized carbons (Fsp3) is 0.526. The zero-order chi connectivity index (χ0) is 17.5. The Morgan fingerprint density at radius 3 is 2.25 bits per heavy atom. The van der Waals surface area contributed by atoms with Crippen molar-refractivity contribution in [3.05, 3.63) is 41.5 Å². The van der Waals surface area contributed by atoms with Crippen LogP contribution in [0.2, 0.25) is 0 Å². The number of nitrogens with zero attached hydrogens (tertiary/aromatic N) is 2. The maximum atomic E-state index is 12.4. The van der Waals surface area contributed by atoms with Gasteiger partial charge in [-0.3, -0.25) is 4.79 Å². The molecule has 5 heteroatoms. The molecule has 24 heavy (non-hydrogen) atoms. The smallest absolute Gasteiger partial charge is 0.251 e. The van der Waals surface area contributed by atoms with Crippen LogP contribution in [-0.4, -0.2) is 54.8 Å². The van der Waals surface area contributed by atoms with Gasteiger partial charge in [0.25, 0.3) is 5.91 Å². The highest BCUT2D eigenvalue weighted by atomic mass is 16.5. The molecule has 1 aromatic rings. The number of hydrogen-bond donors (Lipinski definition) is 1. The van der Waals surface area contributed by atoms with E-state index in [1.54, 1.807) is 0 Å². The summed E-state index contributed by atoms with van der Waals surface area (Å²) in [6, 6.07) is 7.50. The zero-order valence-electron chi connectivity index (χ0n) is 15.2. The number of nitrogens with one attached hydrogen (secondary N) is 1. The number of allylic oxidation sites excluding steroid dienone is 1. The van der Waals surface area contributed by atoms with Crippen LogP contribution in [0.3, 0.4) is 0 Å². The van der Waals surface area contributed by atoms with Crippen LogP contribution in [0.5, 0.6) is 5.75 Å². The Morgan fingerprint density at radius 2 is 1.75 bits per heavy atom.